The highest BCUT2D eigenvalue weighted by molar-refractivity contribution is 5.22. The molecule has 0 saturated carbocycles. The van der Waals surface area contributed by atoms with Crippen LogP contribution in [0.1, 0.15) is 76.6 Å². The lowest BCUT2D eigenvalue weighted by molar-refractivity contribution is 0.412. The number of fused-ring (bicyclic) bond motifs is 1. The average Bonchev–Trinajstić information content (AvgIpc) is 2.75. The van der Waals surface area contributed by atoms with E-state index in [1.165, 1.54) is 30.1 Å². The van der Waals surface area contributed by atoms with Gasteiger partial charge in [-0.1, -0.05) is 27.7 Å². The van der Waals surface area contributed by atoms with Crippen LogP contribution >= 0.6 is 0 Å². The van der Waals surface area contributed by atoms with E-state index < -0.39 is 0 Å². The monoisotopic (exact) mass is 263 g/mol. The van der Waals surface area contributed by atoms with E-state index in [0.717, 1.165) is 25.4 Å². The average molecular weight is 263 g/mol. The van der Waals surface area contributed by atoms with Gasteiger partial charge in [0.2, 0.25) is 0 Å². The highest BCUT2D eigenvalue weighted by Crippen LogP contribution is 2.28. The van der Waals surface area contributed by atoms with Crippen molar-refractivity contribution in [3.05, 3.63) is 17.2 Å². The van der Waals surface area contributed by atoms with Crippen molar-refractivity contribution in [2.24, 2.45) is 5.92 Å². The number of hydrogen-bond donors (Lipinski definition) is 1. The minimum Gasteiger partial charge on any atom is -0.329 e. The predicted octanol–water partition coefficient (Wildman–Crippen LogP) is 3.65. The maximum absolute atomic E-state index is 4.90. The molecule has 108 valence electrons. The molecule has 1 atom stereocenters. The largest absolute Gasteiger partial charge is 0.329 e. The van der Waals surface area contributed by atoms with Crippen LogP contribution in [0.2, 0.25) is 0 Å². The first-order chi connectivity index (χ1) is 9.00. The summed E-state index contributed by atoms with van der Waals surface area (Å²) in [6.07, 6.45) is 3.68. The van der Waals surface area contributed by atoms with Crippen LogP contribution in [0, 0.1) is 5.92 Å². The van der Waals surface area contributed by atoms with Gasteiger partial charge in [0.25, 0.3) is 0 Å². The Hall–Kier alpha value is -0.830. The van der Waals surface area contributed by atoms with Crippen LogP contribution in [-0.4, -0.2) is 16.1 Å². The molecule has 0 fully saturated rings. The molecule has 0 aromatic carbocycles. The van der Waals surface area contributed by atoms with E-state index in [4.69, 9.17) is 4.98 Å². The van der Waals surface area contributed by atoms with E-state index in [2.05, 4.69) is 44.5 Å². The number of hydrogen-bond acceptors (Lipinski definition) is 2. The molecule has 1 N–H and O–H groups in total. The molecule has 19 heavy (non-hydrogen) atoms. The molecule has 0 amide bonds. The molecule has 1 aromatic heterocycles. The highest BCUT2D eigenvalue weighted by Gasteiger charge is 2.23. The molecule has 1 unspecified atom stereocenters. The molecule has 0 bridgehead atoms. The topological polar surface area (TPSA) is 29.9 Å². The Balaban J connectivity index is 2.28. The summed E-state index contributed by atoms with van der Waals surface area (Å²) in [5, 5.41) is 3.43. The number of imidazole rings is 1. The van der Waals surface area contributed by atoms with E-state index in [9.17, 15) is 0 Å². The van der Waals surface area contributed by atoms with Crippen molar-refractivity contribution >= 4 is 0 Å². The summed E-state index contributed by atoms with van der Waals surface area (Å²) >= 11 is 0. The van der Waals surface area contributed by atoms with Crippen LogP contribution in [0.15, 0.2) is 0 Å². The summed E-state index contributed by atoms with van der Waals surface area (Å²) in [4.78, 5) is 4.90. The second-order valence-corrected chi connectivity index (χ2v) is 6.64. The van der Waals surface area contributed by atoms with E-state index >= 15 is 0 Å². The van der Waals surface area contributed by atoms with Crippen molar-refractivity contribution in [1.29, 1.82) is 0 Å². The SMILES string of the molecule is CC(C)CCC(C)n1c(C(C)C)nc2c1CCNC2. The lowest BCUT2D eigenvalue weighted by Gasteiger charge is -2.23. The summed E-state index contributed by atoms with van der Waals surface area (Å²) in [7, 11) is 0. The first kappa shape index (κ1) is 14.6. The van der Waals surface area contributed by atoms with Crippen molar-refractivity contribution in [3.63, 3.8) is 0 Å². The van der Waals surface area contributed by atoms with Crippen molar-refractivity contribution in [2.45, 2.75) is 72.4 Å². The molecular formula is C16H29N3. The Kier molecular flexibility index (Phi) is 4.67. The molecule has 2 heterocycles. The maximum Gasteiger partial charge on any atom is 0.112 e. The zero-order chi connectivity index (χ0) is 14.0. The quantitative estimate of drug-likeness (QED) is 0.879. The van der Waals surface area contributed by atoms with E-state index in [1.807, 2.05) is 0 Å². The third-order valence-corrected chi connectivity index (χ3v) is 4.07. The zero-order valence-corrected chi connectivity index (χ0v) is 13.2. The third kappa shape index (κ3) is 3.19. The maximum atomic E-state index is 4.90. The van der Waals surface area contributed by atoms with E-state index in [0.29, 0.717) is 12.0 Å². The van der Waals surface area contributed by atoms with E-state index in [1.54, 1.807) is 0 Å². The van der Waals surface area contributed by atoms with Crippen LogP contribution in [0.3, 0.4) is 0 Å². The fourth-order valence-corrected chi connectivity index (χ4v) is 2.96. The first-order valence-corrected chi connectivity index (χ1v) is 7.81. The molecule has 0 radical (unpaired) electrons. The second kappa shape index (κ2) is 6.08. The van der Waals surface area contributed by atoms with Gasteiger partial charge in [-0.25, -0.2) is 4.98 Å². The number of nitrogens with zero attached hydrogens (tertiary/aromatic N) is 2. The molecule has 3 nitrogen and oxygen atoms in total. The van der Waals surface area contributed by atoms with Crippen LogP contribution in [0.4, 0.5) is 0 Å². The van der Waals surface area contributed by atoms with Gasteiger partial charge in [0, 0.05) is 37.2 Å². The van der Waals surface area contributed by atoms with Gasteiger partial charge in [-0.05, 0) is 25.7 Å². The van der Waals surface area contributed by atoms with Crippen LogP contribution in [-0.2, 0) is 13.0 Å². The molecule has 1 aromatic rings. The summed E-state index contributed by atoms with van der Waals surface area (Å²) in [5.41, 5.74) is 2.77. The van der Waals surface area contributed by atoms with Gasteiger partial charge in [-0.3, -0.25) is 0 Å². The Bertz CT molecular complexity index is 418. The van der Waals surface area contributed by atoms with Gasteiger partial charge in [-0.2, -0.15) is 0 Å². The molecule has 3 heteroatoms. The van der Waals surface area contributed by atoms with Gasteiger partial charge < -0.3 is 9.88 Å². The van der Waals surface area contributed by atoms with Gasteiger partial charge in [0.1, 0.15) is 5.82 Å². The van der Waals surface area contributed by atoms with E-state index in [-0.39, 0.29) is 0 Å². The van der Waals surface area contributed by atoms with Gasteiger partial charge >= 0.3 is 0 Å². The minimum atomic E-state index is 0.507. The fourth-order valence-electron chi connectivity index (χ4n) is 2.96. The zero-order valence-electron chi connectivity index (χ0n) is 13.2. The molecule has 1 aliphatic heterocycles. The van der Waals surface area contributed by atoms with Crippen molar-refractivity contribution in [3.8, 4) is 0 Å². The molecule has 1 aliphatic rings. The summed E-state index contributed by atoms with van der Waals surface area (Å²) in [6.45, 7) is 13.5. The summed E-state index contributed by atoms with van der Waals surface area (Å²) in [5.74, 6) is 2.57. The smallest absolute Gasteiger partial charge is 0.112 e. The molecule has 0 saturated heterocycles. The Morgan fingerprint density at radius 3 is 2.53 bits per heavy atom. The fraction of sp³-hybridized carbons (Fsp3) is 0.812. The Morgan fingerprint density at radius 2 is 1.89 bits per heavy atom. The summed E-state index contributed by atoms with van der Waals surface area (Å²) in [6, 6.07) is 0.578. The number of rotatable bonds is 5. The lowest BCUT2D eigenvalue weighted by Crippen LogP contribution is -2.26. The second-order valence-electron chi connectivity index (χ2n) is 6.64. The minimum absolute atomic E-state index is 0.507. The Labute approximate surface area is 117 Å². The molecule has 0 spiro atoms. The van der Waals surface area contributed by atoms with Crippen LogP contribution in [0.25, 0.3) is 0 Å². The predicted molar refractivity (Wildman–Crippen MR) is 80.5 cm³/mol. The molecular weight excluding hydrogens is 234 g/mol. The van der Waals surface area contributed by atoms with Crippen molar-refractivity contribution in [2.75, 3.05) is 6.54 Å². The number of nitrogens with one attached hydrogen (secondary N) is 1. The standard InChI is InChI=1S/C16H29N3/c1-11(2)6-7-13(5)19-15-8-9-17-10-14(15)18-16(19)12(3)4/h11-13,17H,6-10H2,1-5H3. The molecule has 2 rings (SSSR count). The highest BCUT2D eigenvalue weighted by atomic mass is 15.1. The lowest BCUT2D eigenvalue weighted by atomic mass is 10.0. The van der Waals surface area contributed by atoms with Gasteiger partial charge in [-0.15, -0.1) is 0 Å². The van der Waals surface area contributed by atoms with Crippen molar-refractivity contribution < 1.29 is 0 Å². The first-order valence-electron chi connectivity index (χ1n) is 7.81. The van der Waals surface area contributed by atoms with Gasteiger partial charge in [0.15, 0.2) is 0 Å². The Morgan fingerprint density at radius 1 is 1.16 bits per heavy atom. The summed E-state index contributed by atoms with van der Waals surface area (Å²) < 4.78 is 2.54. The van der Waals surface area contributed by atoms with Crippen LogP contribution in [0.5, 0.6) is 0 Å². The normalized spacial score (nSPS) is 17.0. The van der Waals surface area contributed by atoms with Crippen LogP contribution < -0.4 is 5.32 Å². The molecule has 0 aliphatic carbocycles. The number of aromatic nitrogens is 2. The third-order valence-electron chi connectivity index (χ3n) is 4.07. The van der Waals surface area contributed by atoms with Gasteiger partial charge in [0.05, 0.1) is 5.69 Å². The van der Waals surface area contributed by atoms with Crippen molar-refractivity contribution in [1.82, 2.24) is 14.9 Å².